The van der Waals surface area contributed by atoms with Gasteiger partial charge in [0.25, 0.3) is 0 Å². The molecule has 0 aromatic heterocycles. The van der Waals surface area contributed by atoms with Gasteiger partial charge in [0, 0.05) is 12.0 Å². The summed E-state index contributed by atoms with van der Waals surface area (Å²) in [5.41, 5.74) is 0.506. The van der Waals surface area contributed by atoms with Crippen molar-refractivity contribution in [2.24, 2.45) is 0 Å². The molecule has 1 aromatic rings. The summed E-state index contributed by atoms with van der Waals surface area (Å²) in [7, 11) is 0. The maximum Gasteiger partial charge on any atom is 0.307 e. The lowest BCUT2D eigenvalue weighted by Crippen LogP contribution is -2.38. The minimum absolute atomic E-state index is 0.101. The van der Waals surface area contributed by atoms with Crippen LogP contribution in [0.3, 0.4) is 0 Å². The van der Waals surface area contributed by atoms with Crippen LogP contribution in [0.1, 0.15) is 28.8 Å². The minimum Gasteiger partial charge on any atom is -0.446 e. The highest BCUT2D eigenvalue weighted by atomic mass is 16.6. The molecule has 0 amide bonds. The first-order chi connectivity index (χ1) is 7.71. The Morgan fingerprint density at radius 3 is 2.75 bits per heavy atom. The van der Waals surface area contributed by atoms with Gasteiger partial charge in [0.1, 0.15) is 0 Å². The lowest BCUT2D eigenvalue weighted by atomic mass is 9.83. The van der Waals surface area contributed by atoms with E-state index in [-0.39, 0.29) is 11.8 Å². The summed E-state index contributed by atoms with van der Waals surface area (Å²) in [6.07, 6.45) is 4.34. The van der Waals surface area contributed by atoms with Gasteiger partial charge in [0.15, 0.2) is 5.60 Å². The largest absolute Gasteiger partial charge is 0.446 e. The highest BCUT2D eigenvalue weighted by Crippen LogP contribution is 2.36. The summed E-state index contributed by atoms with van der Waals surface area (Å²) in [4.78, 5) is 23.4. The molecule has 3 rings (SSSR count). The van der Waals surface area contributed by atoms with Crippen molar-refractivity contribution in [3.8, 4) is 0 Å². The van der Waals surface area contributed by atoms with Crippen LogP contribution in [0.25, 0.3) is 6.08 Å². The van der Waals surface area contributed by atoms with E-state index in [4.69, 9.17) is 4.74 Å². The third-order valence-electron chi connectivity index (χ3n) is 3.12. The van der Waals surface area contributed by atoms with Gasteiger partial charge >= 0.3 is 5.97 Å². The Hall–Kier alpha value is -1.90. The molecule has 0 saturated carbocycles. The molecular weight excluding hydrogens is 204 g/mol. The molecule has 1 heterocycles. The van der Waals surface area contributed by atoms with E-state index in [1.165, 1.54) is 0 Å². The summed E-state index contributed by atoms with van der Waals surface area (Å²) >= 11 is 0. The smallest absolute Gasteiger partial charge is 0.307 e. The van der Waals surface area contributed by atoms with E-state index in [2.05, 4.69) is 0 Å². The van der Waals surface area contributed by atoms with Gasteiger partial charge in [-0.25, -0.2) is 0 Å². The van der Waals surface area contributed by atoms with Crippen molar-refractivity contribution in [3.63, 3.8) is 0 Å². The van der Waals surface area contributed by atoms with Crippen LogP contribution in [0.15, 0.2) is 30.3 Å². The molecule has 1 fully saturated rings. The van der Waals surface area contributed by atoms with Crippen LogP contribution in [-0.2, 0) is 9.53 Å². The fourth-order valence-corrected chi connectivity index (χ4v) is 2.25. The lowest BCUT2D eigenvalue weighted by molar-refractivity contribution is -0.143. The zero-order chi connectivity index (χ0) is 11.2. The Morgan fingerprint density at radius 2 is 2.00 bits per heavy atom. The quantitative estimate of drug-likeness (QED) is 0.620. The minimum atomic E-state index is -1.02. The van der Waals surface area contributed by atoms with Crippen LogP contribution < -0.4 is 0 Å². The number of hydrogen-bond donors (Lipinski definition) is 0. The van der Waals surface area contributed by atoms with Crippen molar-refractivity contribution in [1.29, 1.82) is 0 Å². The molecule has 1 spiro atoms. The van der Waals surface area contributed by atoms with Gasteiger partial charge in [-0.1, -0.05) is 30.3 Å². The second kappa shape index (κ2) is 3.04. The van der Waals surface area contributed by atoms with Crippen LogP contribution in [-0.4, -0.2) is 17.4 Å². The zero-order valence-corrected chi connectivity index (χ0v) is 8.60. The molecule has 80 valence electrons. The van der Waals surface area contributed by atoms with Gasteiger partial charge in [-0.15, -0.1) is 0 Å². The predicted molar refractivity (Wildman–Crippen MR) is 57.9 cm³/mol. The fraction of sp³-hybridized carbons (Fsp3) is 0.231. The maximum absolute atomic E-state index is 12.3. The Bertz CT molecular complexity index is 516. The van der Waals surface area contributed by atoms with Crippen molar-refractivity contribution in [3.05, 3.63) is 41.5 Å². The first kappa shape index (κ1) is 9.33. The molecule has 2 aliphatic rings. The molecule has 3 nitrogen and oxygen atoms in total. The number of carbonyl (C=O) groups is 2. The lowest BCUT2D eigenvalue weighted by Gasteiger charge is -2.26. The van der Waals surface area contributed by atoms with Gasteiger partial charge in [-0.2, -0.15) is 0 Å². The molecule has 1 aliphatic carbocycles. The first-order valence-corrected chi connectivity index (χ1v) is 5.26. The van der Waals surface area contributed by atoms with Gasteiger partial charge in [0.2, 0.25) is 5.78 Å². The van der Waals surface area contributed by atoms with Crippen LogP contribution in [0.5, 0.6) is 0 Å². The average Bonchev–Trinajstić information content (AvgIpc) is 2.68. The number of hydrogen-bond acceptors (Lipinski definition) is 3. The Morgan fingerprint density at radius 1 is 1.19 bits per heavy atom. The SMILES string of the molecule is O=C1CC[C@@]2(C=Cc3ccccc3C2=O)O1. The number of fused-ring (bicyclic) bond motifs is 1. The number of ketones is 1. The molecule has 1 atom stereocenters. The standard InChI is InChI=1S/C13H10O3/c14-11-6-8-13(16-11)7-5-9-3-1-2-4-10(9)12(13)15/h1-5,7H,6,8H2/t13-/m1/s1. The van der Waals surface area contributed by atoms with Gasteiger partial charge < -0.3 is 4.74 Å². The zero-order valence-electron chi connectivity index (χ0n) is 8.60. The van der Waals surface area contributed by atoms with Crippen LogP contribution in [0.4, 0.5) is 0 Å². The molecule has 1 aromatic carbocycles. The summed E-state index contributed by atoms with van der Waals surface area (Å²) in [5, 5.41) is 0. The van der Waals surface area contributed by atoms with Crippen LogP contribution in [0, 0.1) is 0 Å². The number of carbonyl (C=O) groups excluding carboxylic acids is 2. The molecule has 0 unspecified atom stereocenters. The van der Waals surface area contributed by atoms with Crippen LogP contribution >= 0.6 is 0 Å². The molecule has 0 N–H and O–H groups in total. The second-order valence-electron chi connectivity index (χ2n) is 4.11. The van der Waals surface area contributed by atoms with E-state index in [0.29, 0.717) is 18.4 Å². The second-order valence-corrected chi connectivity index (χ2v) is 4.11. The topological polar surface area (TPSA) is 43.4 Å². The summed E-state index contributed by atoms with van der Waals surface area (Å²) in [6.45, 7) is 0. The fourth-order valence-electron chi connectivity index (χ4n) is 2.25. The van der Waals surface area contributed by atoms with E-state index in [0.717, 1.165) is 5.56 Å². The van der Waals surface area contributed by atoms with Crippen molar-refractivity contribution >= 4 is 17.8 Å². The molecule has 0 bridgehead atoms. The van der Waals surface area contributed by atoms with Gasteiger partial charge in [-0.3, -0.25) is 9.59 Å². The maximum atomic E-state index is 12.3. The number of Topliss-reactive ketones (excluding diaryl/α,β-unsaturated/α-hetero) is 1. The highest BCUT2D eigenvalue weighted by molar-refractivity contribution is 6.10. The number of esters is 1. The van der Waals surface area contributed by atoms with Crippen molar-refractivity contribution < 1.29 is 14.3 Å². The van der Waals surface area contributed by atoms with Crippen molar-refractivity contribution in [2.75, 3.05) is 0 Å². The molecule has 16 heavy (non-hydrogen) atoms. The number of rotatable bonds is 0. The summed E-state index contributed by atoms with van der Waals surface area (Å²) in [6, 6.07) is 7.36. The molecule has 1 aliphatic heterocycles. The Balaban J connectivity index is 2.11. The number of benzene rings is 1. The molecule has 1 saturated heterocycles. The Labute approximate surface area is 92.7 Å². The van der Waals surface area contributed by atoms with E-state index in [1.54, 1.807) is 12.1 Å². The number of ether oxygens (including phenoxy) is 1. The first-order valence-electron chi connectivity index (χ1n) is 5.26. The van der Waals surface area contributed by atoms with Crippen molar-refractivity contribution in [1.82, 2.24) is 0 Å². The van der Waals surface area contributed by atoms with Crippen LogP contribution in [0.2, 0.25) is 0 Å². The monoisotopic (exact) mass is 214 g/mol. The predicted octanol–water partition coefficient (Wildman–Crippen LogP) is 1.97. The van der Waals surface area contributed by atoms with Gasteiger partial charge in [-0.05, 0) is 11.6 Å². The molecular formula is C13H10O3. The normalized spacial score (nSPS) is 27.0. The summed E-state index contributed by atoms with van der Waals surface area (Å²) in [5.74, 6) is -0.395. The van der Waals surface area contributed by atoms with E-state index in [9.17, 15) is 9.59 Å². The highest BCUT2D eigenvalue weighted by Gasteiger charge is 2.47. The molecule has 3 heteroatoms. The molecule has 0 radical (unpaired) electrons. The van der Waals surface area contributed by atoms with Crippen molar-refractivity contribution in [2.45, 2.75) is 18.4 Å². The average molecular weight is 214 g/mol. The third kappa shape index (κ3) is 1.14. The van der Waals surface area contributed by atoms with E-state index < -0.39 is 5.60 Å². The Kier molecular flexibility index (Phi) is 1.78. The van der Waals surface area contributed by atoms with Gasteiger partial charge in [0.05, 0.1) is 6.42 Å². The van der Waals surface area contributed by atoms with E-state index >= 15 is 0 Å². The van der Waals surface area contributed by atoms with E-state index in [1.807, 2.05) is 24.3 Å². The summed E-state index contributed by atoms with van der Waals surface area (Å²) < 4.78 is 5.18. The third-order valence-corrected chi connectivity index (χ3v) is 3.12.